The van der Waals surface area contributed by atoms with Crippen molar-refractivity contribution < 1.29 is 19.1 Å². The Balaban J connectivity index is 2.44. The van der Waals surface area contributed by atoms with Crippen molar-refractivity contribution in [3.63, 3.8) is 0 Å². The normalized spacial score (nSPS) is 10.8. The van der Waals surface area contributed by atoms with E-state index in [-0.39, 0.29) is 12.3 Å². The maximum Gasteiger partial charge on any atom is 0.323 e. The number of furan rings is 1. The molecule has 20 heavy (non-hydrogen) atoms. The van der Waals surface area contributed by atoms with Crippen LogP contribution in [0.25, 0.3) is 11.0 Å². The van der Waals surface area contributed by atoms with Gasteiger partial charge in [-0.1, -0.05) is 15.9 Å². The Kier molecular flexibility index (Phi) is 4.13. The number of hydrogen-bond donors (Lipinski definition) is 1. The van der Waals surface area contributed by atoms with Gasteiger partial charge in [0.15, 0.2) is 5.76 Å². The Bertz CT molecular complexity index is 677. The summed E-state index contributed by atoms with van der Waals surface area (Å²) in [7, 11) is 0. The predicted molar refractivity (Wildman–Crippen MR) is 77.9 cm³/mol. The van der Waals surface area contributed by atoms with Crippen molar-refractivity contribution in [1.82, 2.24) is 4.90 Å². The number of amides is 1. The van der Waals surface area contributed by atoms with Crippen molar-refractivity contribution in [1.29, 1.82) is 0 Å². The fourth-order valence-corrected chi connectivity index (χ4v) is 2.39. The molecule has 0 spiro atoms. The molecular weight excluding hydrogens is 326 g/mol. The number of carboxylic acid groups (broad SMARTS) is 1. The summed E-state index contributed by atoms with van der Waals surface area (Å²) < 4.78 is 6.47. The molecule has 1 heterocycles. The molecule has 1 N–H and O–H groups in total. The highest BCUT2D eigenvalue weighted by Gasteiger charge is 2.23. The molecule has 106 valence electrons. The highest BCUT2D eigenvalue weighted by Crippen LogP contribution is 2.28. The Morgan fingerprint density at radius 2 is 2.10 bits per heavy atom. The monoisotopic (exact) mass is 339 g/mol. The molecule has 1 aromatic heterocycles. The van der Waals surface area contributed by atoms with Gasteiger partial charge in [-0.15, -0.1) is 0 Å². The summed E-state index contributed by atoms with van der Waals surface area (Å²) in [4.78, 5) is 24.4. The lowest BCUT2D eigenvalue weighted by Crippen LogP contribution is -2.35. The molecule has 0 aliphatic carbocycles. The number of aliphatic carboxylic acids is 1. The number of hydrogen-bond acceptors (Lipinski definition) is 3. The van der Waals surface area contributed by atoms with Crippen molar-refractivity contribution in [2.75, 3.05) is 13.1 Å². The molecule has 1 aromatic carbocycles. The van der Waals surface area contributed by atoms with E-state index in [0.29, 0.717) is 12.1 Å². The third kappa shape index (κ3) is 2.70. The van der Waals surface area contributed by atoms with Crippen LogP contribution in [0.3, 0.4) is 0 Å². The molecule has 0 saturated heterocycles. The summed E-state index contributed by atoms with van der Waals surface area (Å²) in [5.74, 6) is -1.25. The van der Waals surface area contributed by atoms with Crippen LogP contribution >= 0.6 is 15.9 Å². The highest BCUT2D eigenvalue weighted by atomic mass is 79.9. The van der Waals surface area contributed by atoms with E-state index in [0.717, 1.165) is 15.4 Å². The first-order chi connectivity index (χ1) is 9.43. The van der Waals surface area contributed by atoms with Gasteiger partial charge in [-0.05, 0) is 32.0 Å². The second-order valence-electron chi connectivity index (χ2n) is 4.41. The van der Waals surface area contributed by atoms with Crippen LogP contribution < -0.4 is 0 Å². The average molecular weight is 340 g/mol. The zero-order chi connectivity index (χ0) is 14.9. The van der Waals surface area contributed by atoms with E-state index in [4.69, 9.17) is 9.52 Å². The molecule has 2 aromatic rings. The van der Waals surface area contributed by atoms with Gasteiger partial charge >= 0.3 is 5.97 Å². The number of fused-ring (bicyclic) bond motifs is 1. The van der Waals surface area contributed by atoms with Gasteiger partial charge in [0.05, 0.1) is 0 Å². The topological polar surface area (TPSA) is 70.8 Å². The smallest absolute Gasteiger partial charge is 0.323 e. The molecule has 5 nitrogen and oxygen atoms in total. The molecule has 0 atom stereocenters. The molecule has 6 heteroatoms. The molecule has 0 aliphatic heterocycles. The van der Waals surface area contributed by atoms with Gasteiger partial charge in [-0.2, -0.15) is 0 Å². The van der Waals surface area contributed by atoms with Crippen LogP contribution in [0.4, 0.5) is 0 Å². The van der Waals surface area contributed by atoms with Crippen molar-refractivity contribution in [2.24, 2.45) is 0 Å². The third-order valence-corrected chi connectivity index (χ3v) is 3.58. The van der Waals surface area contributed by atoms with Gasteiger partial charge < -0.3 is 14.4 Å². The zero-order valence-electron chi connectivity index (χ0n) is 11.1. The van der Waals surface area contributed by atoms with Gasteiger partial charge in [-0.25, -0.2) is 0 Å². The molecule has 2 rings (SSSR count). The quantitative estimate of drug-likeness (QED) is 0.929. The number of likely N-dealkylation sites (N-methyl/N-ethyl adjacent to an activating group) is 1. The van der Waals surface area contributed by atoms with Crippen LogP contribution in [0, 0.1) is 6.92 Å². The van der Waals surface area contributed by atoms with Crippen LogP contribution in [0.1, 0.15) is 23.0 Å². The first kappa shape index (κ1) is 14.6. The summed E-state index contributed by atoms with van der Waals surface area (Å²) in [6.45, 7) is 3.50. The van der Waals surface area contributed by atoms with E-state index in [1.165, 1.54) is 4.90 Å². The summed E-state index contributed by atoms with van der Waals surface area (Å²) in [6.07, 6.45) is 0. The van der Waals surface area contributed by atoms with E-state index in [1.807, 2.05) is 12.1 Å². The van der Waals surface area contributed by atoms with E-state index < -0.39 is 11.9 Å². The molecule has 0 unspecified atom stereocenters. The van der Waals surface area contributed by atoms with Gasteiger partial charge in [0.1, 0.15) is 12.1 Å². The molecular formula is C14H14BrNO4. The van der Waals surface area contributed by atoms with Crippen molar-refractivity contribution in [2.45, 2.75) is 13.8 Å². The fourth-order valence-electron chi connectivity index (χ4n) is 2.03. The number of carbonyl (C=O) groups excluding carboxylic acids is 1. The van der Waals surface area contributed by atoms with Crippen LogP contribution in [-0.2, 0) is 4.79 Å². The third-order valence-electron chi connectivity index (χ3n) is 3.09. The lowest BCUT2D eigenvalue weighted by Gasteiger charge is -2.17. The Morgan fingerprint density at radius 3 is 2.70 bits per heavy atom. The van der Waals surface area contributed by atoms with Gasteiger partial charge in [-0.3, -0.25) is 9.59 Å². The van der Waals surface area contributed by atoms with E-state index in [9.17, 15) is 9.59 Å². The average Bonchev–Trinajstić information content (AvgIpc) is 2.72. The first-order valence-corrected chi connectivity index (χ1v) is 6.93. The molecule has 0 aliphatic rings. The van der Waals surface area contributed by atoms with Crippen LogP contribution in [-0.4, -0.2) is 35.0 Å². The first-order valence-electron chi connectivity index (χ1n) is 6.13. The Morgan fingerprint density at radius 1 is 1.40 bits per heavy atom. The fraction of sp³-hybridized carbons (Fsp3) is 0.286. The van der Waals surface area contributed by atoms with Gasteiger partial charge in [0, 0.05) is 22.0 Å². The number of carbonyl (C=O) groups is 2. The van der Waals surface area contributed by atoms with Crippen molar-refractivity contribution in [3.8, 4) is 0 Å². The SMILES string of the molecule is CCN(CC(=O)O)C(=O)c1oc2ccc(Br)cc2c1C. The van der Waals surface area contributed by atoms with Crippen LogP contribution in [0.15, 0.2) is 27.1 Å². The highest BCUT2D eigenvalue weighted by molar-refractivity contribution is 9.10. The number of rotatable bonds is 4. The van der Waals surface area contributed by atoms with E-state index in [1.54, 1.807) is 19.9 Å². The second kappa shape index (κ2) is 5.66. The largest absolute Gasteiger partial charge is 0.480 e. The zero-order valence-corrected chi connectivity index (χ0v) is 12.7. The van der Waals surface area contributed by atoms with Crippen molar-refractivity contribution in [3.05, 3.63) is 34.0 Å². The summed E-state index contributed by atoms with van der Waals surface area (Å²) in [6, 6.07) is 5.48. The standard InChI is InChI=1S/C14H14BrNO4/c1-3-16(7-12(17)18)14(19)13-8(2)10-6-9(15)4-5-11(10)20-13/h4-6H,3,7H2,1-2H3,(H,17,18). The molecule has 0 fully saturated rings. The molecule has 0 saturated carbocycles. The molecule has 1 amide bonds. The summed E-state index contributed by atoms with van der Waals surface area (Å²) >= 11 is 3.37. The Labute approximate surface area is 124 Å². The van der Waals surface area contributed by atoms with Crippen LogP contribution in [0.5, 0.6) is 0 Å². The number of nitrogens with zero attached hydrogens (tertiary/aromatic N) is 1. The van der Waals surface area contributed by atoms with Crippen LogP contribution in [0.2, 0.25) is 0 Å². The number of aryl methyl sites for hydroxylation is 1. The molecule has 0 bridgehead atoms. The summed E-state index contributed by atoms with van der Waals surface area (Å²) in [5, 5.41) is 9.67. The number of benzene rings is 1. The minimum Gasteiger partial charge on any atom is -0.480 e. The maximum atomic E-state index is 12.3. The number of carboxylic acids is 1. The minimum absolute atomic E-state index is 0.196. The lowest BCUT2D eigenvalue weighted by molar-refractivity contribution is -0.137. The summed E-state index contributed by atoms with van der Waals surface area (Å²) in [5.41, 5.74) is 1.33. The Hall–Kier alpha value is -1.82. The molecule has 0 radical (unpaired) electrons. The second-order valence-corrected chi connectivity index (χ2v) is 5.33. The number of halogens is 1. The van der Waals surface area contributed by atoms with E-state index in [2.05, 4.69) is 15.9 Å². The van der Waals surface area contributed by atoms with Gasteiger partial charge in [0.25, 0.3) is 5.91 Å². The van der Waals surface area contributed by atoms with E-state index >= 15 is 0 Å². The predicted octanol–water partition coefficient (Wildman–Crippen LogP) is 3.05. The minimum atomic E-state index is -1.04. The lowest BCUT2D eigenvalue weighted by atomic mass is 10.1. The van der Waals surface area contributed by atoms with Crippen molar-refractivity contribution >= 4 is 38.8 Å². The maximum absolute atomic E-state index is 12.3. The van der Waals surface area contributed by atoms with Gasteiger partial charge in [0.2, 0.25) is 0 Å².